The summed E-state index contributed by atoms with van der Waals surface area (Å²) in [6.45, 7) is 4.77. The van der Waals surface area contributed by atoms with E-state index in [1.807, 2.05) is 61.3 Å². The minimum absolute atomic E-state index is 0. The number of thioether (sulfide) groups is 2. The quantitative estimate of drug-likeness (QED) is 0.196. The number of carboxylic acids is 1. The molecular weight excluding hydrogens is 545 g/mol. The Hall–Kier alpha value is -1.36. The number of carbonyl (C=O) groups excluding carboxylic acids is 1. The van der Waals surface area contributed by atoms with Crippen molar-refractivity contribution < 1.29 is 39.7 Å². The molecule has 1 amide bonds. The molecule has 1 aliphatic rings. The Morgan fingerprint density at radius 3 is 2.54 bits per heavy atom. The fourth-order valence-electron chi connectivity index (χ4n) is 5.36. The third-order valence-electron chi connectivity index (χ3n) is 7.73. The molecule has 2 aromatic carbocycles. The van der Waals surface area contributed by atoms with Crippen molar-refractivity contribution in [3.05, 3.63) is 59.2 Å². The maximum Gasteiger partial charge on any atom is 1.00 e. The van der Waals surface area contributed by atoms with Crippen molar-refractivity contribution in [1.82, 2.24) is 5.32 Å². The van der Waals surface area contributed by atoms with Crippen LogP contribution in [0.5, 0.6) is 0 Å². The average Bonchev–Trinajstić information content (AvgIpc) is 2.96. The van der Waals surface area contributed by atoms with E-state index in [1.54, 1.807) is 11.8 Å². The second kappa shape index (κ2) is 19.8. The summed E-state index contributed by atoms with van der Waals surface area (Å²) in [7, 11) is 0. The number of amides is 1. The molecule has 0 bridgehead atoms. The number of carboxylic acid groups (broad SMARTS) is 1. The molecule has 0 heterocycles. The molecule has 2 atom stereocenters. The molecule has 222 valence electrons. The number of aliphatic carboxylic acids is 1. The third-order valence-corrected chi connectivity index (χ3v) is 9.56. The Balaban J connectivity index is 0.00000441. The second-order valence-corrected chi connectivity index (χ2v) is 13.1. The van der Waals surface area contributed by atoms with Gasteiger partial charge in [0.05, 0.1) is 12.7 Å². The van der Waals surface area contributed by atoms with Gasteiger partial charge in [0.1, 0.15) is 6.04 Å². The van der Waals surface area contributed by atoms with Gasteiger partial charge in [0, 0.05) is 11.3 Å². The summed E-state index contributed by atoms with van der Waals surface area (Å²) >= 11 is 3.57. The van der Waals surface area contributed by atoms with Gasteiger partial charge in [0.25, 0.3) is 5.91 Å². The van der Waals surface area contributed by atoms with Crippen LogP contribution >= 0.6 is 23.5 Å². The first kappa shape index (κ1) is 35.8. The van der Waals surface area contributed by atoms with E-state index in [1.165, 1.54) is 50.7 Å². The number of hydrogen-bond acceptors (Lipinski definition) is 5. The maximum atomic E-state index is 13.4. The van der Waals surface area contributed by atoms with E-state index in [9.17, 15) is 14.7 Å². The van der Waals surface area contributed by atoms with Crippen LogP contribution in [0.3, 0.4) is 0 Å². The van der Waals surface area contributed by atoms with Crippen LogP contribution in [0.25, 0.3) is 11.1 Å². The van der Waals surface area contributed by atoms with Gasteiger partial charge in [-0.25, -0.2) is 4.79 Å². The Bertz CT molecular complexity index is 1080. The standard InChI is InChI=1S/C33H47NO4S2.Li.H/c1-4-5-18-40-23-27(20-25-12-7-6-8-13-25)38-22-26-15-16-29(30(21-26)28-14-10-9-11-24(28)2)32(35)34-31(33(36)37)17-19-39-3;;/h9-11,14-16,21,25,27,31H,4-8,12-13,17-20,22-23H2,1-3H3,(H,34,35)(H,36,37);;/q;+1;-1/t27?,31-;;/m0../s1. The molecule has 0 aromatic heterocycles. The van der Waals surface area contributed by atoms with Crippen molar-refractivity contribution >= 4 is 35.4 Å². The molecule has 0 radical (unpaired) electrons. The van der Waals surface area contributed by atoms with E-state index in [2.05, 4.69) is 18.3 Å². The zero-order valence-electron chi connectivity index (χ0n) is 26.5. The number of carbonyl (C=O) groups is 2. The van der Waals surface area contributed by atoms with E-state index < -0.39 is 12.0 Å². The summed E-state index contributed by atoms with van der Waals surface area (Å²) in [6, 6.07) is 12.9. The number of rotatable bonds is 17. The molecule has 1 unspecified atom stereocenters. The molecule has 0 aliphatic heterocycles. The minimum Gasteiger partial charge on any atom is -1.00 e. The van der Waals surface area contributed by atoms with Crippen LogP contribution in [0.15, 0.2) is 42.5 Å². The van der Waals surface area contributed by atoms with Crippen LogP contribution in [0.2, 0.25) is 0 Å². The Labute approximate surface area is 269 Å². The van der Waals surface area contributed by atoms with Crippen LogP contribution in [0.4, 0.5) is 0 Å². The van der Waals surface area contributed by atoms with E-state index in [0.717, 1.165) is 40.3 Å². The summed E-state index contributed by atoms with van der Waals surface area (Å²) in [5.41, 5.74) is 4.36. The summed E-state index contributed by atoms with van der Waals surface area (Å²) in [4.78, 5) is 25.2. The smallest absolute Gasteiger partial charge is 1.00 e. The van der Waals surface area contributed by atoms with E-state index >= 15 is 0 Å². The van der Waals surface area contributed by atoms with E-state index in [0.29, 0.717) is 24.3 Å². The molecule has 1 saturated carbocycles. The normalized spacial score (nSPS) is 15.1. The first-order valence-corrected chi connectivity index (χ1v) is 17.4. The van der Waals surface area contributed by atoms with Crippen LogP contribution < -0.4 is 24.2 Å². The Morgan fingerprint density at radius 1 is 1.10 bits per heavy atom. The van der Waals surface area contributed by atoms with Crippen molar-refractivity contribution in [2.75, 3.05) is 23.5 Å². The Morgan fingerprint density at radius 2 is 1.85 bits per heavy atom. The zero-order chi connectivity index (χ0) is 28.7. The molecule has 0 spiro atoms. The van der Waals surface area contributed by atoms with Crippen molar-refractivity contribution in [2.45, 2.75) is 90.4 Å². The van der Waals surface area contributed by atoms with Gasteiger partial charge < -0.3 is 16.6 Å². The SMILES string of the molecule is CCCCSCC(CC1CCCCC1)OCc1ccc(C(=O)N[C@@H](CCSC)C(=O)O)c(-c2ccccc2C)c1.[H-].[Li+]. The molecule has 8 heteroatoms. The monoisotopic (exact) mass is 593 g/mol. The minimum atomic E-state index is -1.01. The topological polar surface area (TPSA) is 75.6 Å². The van der Waals surface area contributed by atoms with Gasteiger partial charge in [0.2, 0.25) is 0 Å². The van der Waals surface area contributed by atoms with Gasteiger partial charge in [-0.3, -0.25) is 4.79 Å². The van der Waals surface area contributed by atoms with E-state index in [-0.39, 0.29) is 32.3 Å². The third kappa shape index (κ3) is 12.0. The second-order valence-electron chi connectivity index (χ2n) is 10.9. The predicted molar refractivity (Wildman–Crippen MR) is 172 cm³/mol. The first-order valence-electron chi connectivity index (χ1n) is 14.8. The van der Waals surface area contributed by atoms with Crippen LogP contribution in [-0.4, -0.2) is 52.6 Å². The summed E-state index contributed by atoms with van der Waals surface area (Å²) < 4.78 is 6.57. The van der Waals surface area contributed by atoms with Crippen molar-refractivity contribution in [3.63, 3.8) is 0 Å². The van der Waals surface area contributed by atoms with Gasteiger partial charge in [-0.2, -0.15) is 23.5 Å². The molecule has 2 N–H and O–H groups in total. The maximum absolute atomic E-state index is 13.4. The molecule has 5 nitrogen and oxygen atoms in total. The average molecular weight is 594 g/mol. The Kier molecular flexibility index (Phi) is 17.3. The van der Waals surface area contributed by atoms with Gasteiger partial charge in [-0.05, 0) is 84.3 Å². The fraction of sp³-hybridized carbons (Fsp3) is 0.576. The van der Waals surface area contributed by atoms with Gasteiger partial charge >= 0.3 is 24.8 Å². The molecule has 2 aromatic rings. The summed E-state index contributed by atoms with van der Waals surface area (Å²) in [5, 5.41) is 12.4. The predicted octanol–water partition coefficient (Wildman–Crippen LogP) is 5.10. The largest absolute Gasteiger partial charge is 1.00 e. The van der Waals surface area contributed by atoms with Crippen LogP contribution in [0, 0.1) is 12.8 Å². The van der Waals surface area contributed by atoms with E-state index in [4.69, 9.17) is 4.74 Å². The van der Waals surface area contributed by atoms with Crippen LogP contribution in [0.1, 0.15) is 87.6 Å². The molecule has 1 aliphatic carbocycles. The number of unbranched alkanes of at least 4 members (excludes halogenated alkanes) is 1. The number of hydrogen-bond donors (Lipinski definition) is 2. The first-order chi connectivity index (χ1) is 19.4. The van der Waals surface area contributed by atoms with Gasteiger partial charge in [-0.15, -0.1) is 0 Å². The van der Waals surface area contributed by atoms with Gasteiger partial charge in [0.15, 0.2) is 0 Å². The number of nitrogens with one attached hydrogen (secondary N) is 1. The number of ether oxygens (including phenoxy) is 1. The molecular formula is C33H48LiNO4S2. The van der Waals surface area contributed by atoms with Crippen molar-refractivity contribution in [1.29, 1.82) is 0 Å². The summed E-state index contributed by atoms with van der Waals surface area (Å²) in [6.07, 6.45) is 12.8. The van der Waals surface area contributed by atoms with Crippen molar-refractivity contribution in [3.8, 4) is 11.1 Å². The fourth-order valence-corrected chi connectivity index (χ4v) is 6.99. The molecule has 0 saturated heterocycles. The molecule has 41 heavy (non-hydrogen) atoms. The van der Waals surface area contributed by atoms with Crippen molar-refractivity contribution in [2.24, 2.45) is 5.92 Å². The number of aryl methyl sites for hydroxylation is 1. The molecule has 3 rings (SSSR count). The van der Waals surface area contributed by atoms with Gasteiger partial charge in [-0.1, -0.05) is 75.8 Å². The zero-order valence-corrected chi connectivity index (χ0v) is 27.1. The summed E-state index contributed by atoms with van der Waals surface area (Å²) in [5.74, 6) is 2.25. The van der Waals surface area contributed by atoms with Crippen LogP contribution in [-0.2, 0) is 16.1 Å². The molecule has 1 fully saturated rings. The number of benzene rings is 2.